The Bertz CT molecular complexity index is 940. The minimum absolute atomic E-state index is 0.0369. The van der Waals surface area contributed by atoms with E-state index in [1.54, 1.807) is 11.8 Å². The van der Waals surface area contributed by atoms with E-state index in [1.807, 2.05) is 24.3 Å². The average Bonchev–Trinajstić information content (AvgIpc) is 3.52. The van der Waals surface area contributed by atoms with Crippen LogP contribution in [0.4, 0.5) is 19.0 Å². The summed E-state index contributed by atoms with van der Waals surface area (Å²) in [5, 5.41) is 9.45. The first-order valence-corrected chi connectivity index (χ1v) is 10.5. The highest BCUT2D eigenvalue weighted by atomic mass is 19.4. The molecule has 1 saturated carbocycles. The van der Waals surface area contributed by atoms with Gasteiger partial charge in [-0.15, -0.1) is 0 Å². The second-order valence-corrected chi connectivity index (χ2v) is 8.52. The molecule has 1 aliphatic heterocycles. The van der Waals surface area contributed by atoms with E-state index in [-0.39, 0.29) is 17.7 Å². The zero-order valence-corrected chi connectivity index (χ0v) is 17.2. The maximum atomic E-state index is 13.2. The first-order chi connectivity index (χ1) is 14.7. The number of hydrogen-bond donors (Lipinski definition) is 1. The van der Waals surface area contributed by atoms with Gasteiger partial charge in [0.05, 0.1) is 18.1 Å². The second kappa shape index (κ2) is 8.40. The van der Waals surface area contributed by atoms with Gasteiger partial charge in [0, 0.05) is 25.2 Å². The lowest BCUT2D eigenvalue weighted by Gasteiger charge is -2.40. The van der Waals surface area contributed by atoms with Gasteiger partial charge in [0.1, 0.15) is 11.6 Å². The van der Waals surface area contributed by atoms with Crippen molar-refractivity contribution in [2.75, 3.05) is 24.6 Å². The fourth-order valence-electron chi connectivity index (χ4n) is 4.32. The normalized spacial score (nSPS) is 18.9. The number of carboxylic acids is 1. The Balaban J connectivity index is 1.36. The molecule has 31 heavy (non-hydrogen) atoms. The number of pyridine rings is 1. The highest BCUT2D eigenvalue weighted by Crippen LogP contribution is 2.47. The van der Waals surface area contributed by atoms with E-state index in [9.17, 15) is 23.1 Å². The van der Waals surface area contributed by atoms with Gasteiger partial charge in [-0.2, -0.15) is 13.2 Å². The van der Waals surface area contributed by atoms with E-state index in [0.29, 0.717) is 31.4 Å². The summed E-state index contributed by atoms with van der Waals surface area (Å²) in [6.45, 7) is 3.02. The van der Waals surface area contributed by atoms with Gasteiger partial charge >= 0.3 is 12.1 Å². The molecule has 0 amide bonds. The highest BCUT2D eigenvalue weighted by molar-refractivity contribution is 5.71. The van der Waals surface area contributed by atoms with Crippen LogP contribution in [-0.2, 0) is 11.0 Å². The summed E-state index contributed by atoms with van der Waals surface area (Å²) in [6, 6.07) is 9.88. The van der Waals surface area contributed by atoms with Crippen LogP contribution in [0, 0.1) is 17.8 Å². The first-order valence-electron chi connectivity index (χ1n) is 10.5. The van der Waals surface area contributed by atoms with Crippen molar-refractivity contribution in [1.29, 1.82) is 0 Å². The number of benzene rings is 1. The quantitative estimate of drug-likeness (QED) is 0.645. The lowest BCUT2D eigenvalue weighted by molar-refractivity contribution is -0.142. The van der Waals surface area contributed by atoms with E-state index < -0.39 is 23.6 Å². The van der Waals surface area contributed by atoms with Crippen molar-refractivity contribution < 1.29 is 27.8 Å². The molecule has 1 aromatic carbocycles. The van der Waals surface area contributed by atoms with Crippen molar-refractivity contribution in [1.82, 2.24) is 4.98 Å². The molecule has 0 unspecified atom stereocenters. The third-order valence-corrected chi connectivity index (χ3v) is 6.14. The van der Waals surface area contributed by atoms with Gasteiger partial charge in [-0.3, -0.25) is 4.79 Å². The van der Waals surface area contributed by atoms with Crippen LogP contribution in [0.25, 0.3) is 0 Å². The largest absolute Gasteiger partial charge is 0.493 e. The Labute approximate surface area is 178 Å². The molecule has 1 aromatic heterocycles. The van der Waals surface area contributed by atoms with E-state index in [4.69, 9.17) is 4.74 Å². The molecule has 0 radical (unpaired) electrons. The maximum absolute atomic E-state index is 13.2. The highest BCUT2D eigenvalue weighted by Gasteiger charge is 2.40. The first kappa shape index (κ1) is 21.5. The molecule has 4 rings (SSSR count). The molecule has 0 bridgehead atoms. The molecular weight excluding hydrogens is 409 g/mol. The third kappa shape index (κ3) is 4.78. The van der Waals surface area contributed by atoms with E-state index in [1.165, 1.54) is 12.3 Å². The van der Waals surface area contributed by atoms with Gasteiger partial charge in [-0.05, 0) is 54.5 Å². The molecule has 1 N–H and O–H groups in total. The molecule has 5 nitrogen and oxygen atoms in total. The summed E-state index contributed by atoms with van der Waals surface area (Å²) >= 11 is 0. The van der Waals surface area contributed by atoms with Crippen LogP contribution in [0.5, 0.6) is 5.75 Å². The number of carboxylic acid groups (broad SMARTS) is 1. The van der Waals surface area contributed by atoms with Crippen molar-refractivity contribution >= 4 is 11.8 Å². The lowest BCUT2D eigenvalue weighted by atomic mass is 9.83. The van der Waals surface area contributed by atoms with Gasteiger partial charge < -0.3 is 14.7 Å². The minimum atomic E-state index is -4.43. The van der Waals surface area contributed by atoms with Gasteiger partial charge in [0.15, 0.2) is 0 Å². The predicted molar refractivity (Wildman–Crippen MR) is 109 cm³/mol. The summed E-state index contributed by atoms with van der Waals surface area (Å²) in [5.41, 5.74) is 0.245. The number of alkyl halides is 3. The molecule has 8 heteroatoms. The fourth-order valence-corrected chi connectivity index (χ4v) is 4.32. The van der Waals surface area contributed by atoms with Crippen LogP contribution < -0.4 is 9.64 Å². The summed E-state index contributed by atoms with van der Waals surface area (Å²) in [6.07, 6.45) is -0.984. The Hall–Kier alpha value is -2.77. The van der Waals surface area contributed by atoms with Gasteiger partial charge in [-0.1, -0.05) is 19.1 Å². The number of rotatable bonds is 8. The lowest BCUT2D eigenvalue weighted by Crippen LogP contribution is -2.50. The van der Waals surface area contributed by atoms with Crippen LogP contribution in [0.2, 0.25) is 0 Å². The SMILES string of the molecule is C[C@H](C(=O)O)[C@H](c1cccc(OCC2CN(c3ncccc3C(F)(F)F)C2)c1)C1CC1. The minimum Gasteiger partial charge on any atom is -0.493 e. The molecule has 1 saturated heterocycles. The molecule has 2 heterocycles. The number of anilines is 1. The van der Waals surface area contributed by atoms with Gasteiger partial charge in [0.2, 0.25) is 0 Å². The number of carbonyl (C=O) groups is 1. The Kier molecular flexibility index (Phi) is 5.81. The summed E-state index contributed by atoms with van der Waals surface area (Å²) in [7, 11) is 0. The van der Waals surface area contributed by atoms with Crippen molar-refractivity contribution in [3.05, 3.63) is 53.7 Å². The Morgan fingerprint density at radius 2 is 2.00 bits per heavy atom. The van der Waals surface area contributed by atoms with E-state index >= 15 is 0 Å². The van der Waals surface area contributed by atoms with Crippen molar-refractivity contribution in [3.63, 3.8) is 0 Å². The summed E-state index contributed by atoms with van der Waals surface area (Å²) < 4.78 is 45.4. The molecular formula is C23H25F3N2O3. The molecule has 0 spiro atoms. The number of aliphatic carboxylic acids is 1. The van der Waals surface area contributed by atoms with Crippen LogP contribution >= 0.6 is 0 Å². The molecule has 1 aliphatic carbocycles. The van der Waals surface area contributed by atoms with Crippen molar-refractivity contribution in [2.24, 2.45) is 17.8 Å². The molecule has 2 fully saturated rings. The smallest absolute Gasteiger partial charge is 0.419 e. The molecule has 2 atom stereocenters. The molecule has 166 valence electrons. The van der Waals surface area contributed by atoms with Gasteiger partial charge in [-0.25, -0.2) is 4.98 Å². The van der Waals surface area contributed by atoms with Gasteiger partial charge in [0.25, 0.3) is 0 Å². The number of nitrogens with zero attached hydrogens (tertiary/aromatic N) is 2. The zero-order valence-electron chi connectivity index (χ0n) is 17.2. The standard InChI is InChI=1S/C23H25F3N2O3/c1-14(22(29)30)20(16-7-8-16)17-4-2-5-18(10-17)31-13-15-11-28(12-15)21-19(23(24,25)26)6-3-9-27-21/h2-6,9-10,14-16,20H,7-8,11-13H2,1H3,(H,29,30)/t14-,20-/m0/s1. The Morgan fingerprint density at radius 3 is 2.65 bits per heavy atom. The van der Waals surface area contributed by atoms with Crippen LogP contribution in [-0.4, -0.2) is 35.8 Å². The topological polar surface area (TPSA) is 62.7 Å². The average molecular weight is 434 g/mol. The summed E-state index contributed by atoms with van der Waals surface area (Å²) in [5.74, 6) is -0.192. The summed E-state index contributed by atoms with van der Waals surface area (Å²) in [4.78, 5) is 17.1. The van der Waals surface area contributed by atoms with Crippen molar-refractivity contribution in [3.8, 4) is 5.75 Å². The predicted octanol–water partition coefficient (Wildman–Crippen LogP) is 4.83. The van der Waals surface area contributed by atoms with E-state index in [0.717, 1.165) is 24.5 Å². The van der Waals surface area contributed by atoms with Crippen LogP contribution in [0.1, 0.15) is 36.8 Å². The zero-order chi connectivity index (χ0) is 22.2. The third-order valence-electron chi connectivity index (χ3n) is 6.14. The van der Waals surface area contributed by atoms with E-state index in [2.05, 4.69) is 4.98 Å². The number of aromatic nitrogens is 1. The monoisotopic (exact) mass is 434 g/mol. The molecule has 2 aliphatic rings. The molecule has 2 aromatic rings. The fraction of sp³-hybridized carbons (Fsp3) is 0.478. The number of hydrogen-bond acceptors (Lipinski definition) is 4. The number of ether oxygens (including phenoxy) is 1. The van der Waals surface area contributed by atoms with Crippen LogP contribution in [0.3, 0.4) is 0 Å². The van der Waals surface area contributed by atoms with Crippen molar-refractivity contribution in [2.45, 2.75) is 31.9 Å². The number of halogens is 3. The Morgan fingerprint density at radius 1 is 1.26 bits per heavy atom. The maximum Gasteiger partial charge on any atom is 0.419 e. The second-order valence-electron chi connectivity index (χ2n) is 8.52. The van der Waals surface area contributed by atoms with Crippen LogP contribution in [0.15, 0.2) is 42.6 Å².